The smallest absolute Gasteiger partial charge is 0.328 e. The van der Waals surface area contributed by atoms with Crippen molar-refractivity contribution < 1.29 is 19.2 Å². The van der Waals surface area contributed by atoms with Crippen LogP contribution in [0.25, 0.3) is 0 Å². The van der Waals surface area contributed by atoms with Gasteiger partial charge >= 0.3 is 11.8 Å². The monoisotopic (exact) mass is 281 g/mol. The Kier molecular flexibility index (Phi) is 3.73. The molecule has 0 aromatic carbocycles. The van der Waals surface area contributed by atoms with E-state index in [4.69, 9.17) is 0 Å². The van der Waals surface area contributed by atoms with Crippen molar-refractivity contribution in [1.29, 1.82) is 0 Å². The van der Waals surface area contributed by atoms with Gasteiger partial charge in [0.2, 0.25) is 0 Å². The van der Waals surface area contributed by atoms with Gasteiger partial charge in [-0.3, -0.25) is 4.79 Å². The molecule has 0 saturated carbocycles. The van der Waals surface area contributed by atoms with E-state index in [2.05, 4.69) is 4.74 Å². The molecule has 1 aliphatic rings. The van der Waals surface area contributed by atoms with Crippen LogP contribution in [0, 0.1) is 10.1 Å². The van der Waals surface area contributed by atoms with Crippen molar-refractivity contribution in [2.75, 3.05) is 13.7 Å². The summed E-state index contributed by atoms with van der Waals surface area (Å²) in [5.41, 5.74) is 0.188. The van der Waals surface area contributed by atoms with Gasteiger partial charge in [-0.25, -0.2) is 9.36 Å². The predicted octanol–water partition coefficient (Wildman–Crippen LogP) is 0.711. The minimum atomic E-state index is -0.610. The van der Waals surface area contributed by atoms with Crippen molar-refractivity contribution in [2.24, 2.45) is 7.05 Å². The number of hydrogen-bond acceptors (Lipinski definition) is 5. The van der Waals surface area contributed by atoms with Crippen molar-refractivity contribution in [3.8, 4) is 0 Å². The summed E-state index contributed by atoms with van der Waals surface area (Å²) in [6.07, 6.45) is 1.25. The number of methoxy groups -OCH3 is 1. The van der Waals surface area contributed by atoms with Crippen molar-refractivity contribution in [2.45, 2.75) is 18.9 Å². The van der Waals surface area contributed by atoms with Gasteiger partial charge in [0.15, 0.2) is 5.69 Å². The number of aromatic nitrogens is 1. The highest BCUT2D eigenvalue weighted by Crippen LogP contribution is 2.23. The lowest BCUT2D eigenvalue weighted by Gasteiger charge is -2.21. The number of nitrogens with zero attached hydrogens (tertiary/aromatic N) is 3. The molecule has 0 radical (unpaired) electrons. The van der Waals surface area contributed by atoms with Gasteiger partial charge < -0.3 is 19.8 Å². The van der Waals surface area contributed by atoms with Crippen LogP contribution in [-0.2, 0) is 16.6 Å². The van der Waals surface area contributed by atoms with Crippen LogP contribution in [0.2, 0.25) is 0 Å². The largest absolute Gasteiger partial charge is 0.467 e. The molecule has 2 rings (SSSR count). The molecule has 0 N–H and O–H groups in total. The second-order valence-corrected chi connectivity index (χ2v) is 4.57. The Morgan fingerprint density at radius 3 is 2.70 bits per heavy atom. The summed E-state index contributed by atoms with van der Waals surface area (Å²) in [5, 5.41) is 10.8. The van der Waals surface area contributed by atoms with Crippen molar-refractivity contribution in [3.05, 3.63) is 27.9 Å². The third kappa shape index (κ3) is 2.24. The van der Waals surface area contributed by atoms with Crippen LogP contribution in [0.1, 0.15) is 23.3 Å². The Morgan fingerprint density at radius 1 is 1.45 bits per heavy atom. The maximum Gasteiger partial charge on any atom is 0.328 e. The molecule has 0 aliphatic carbocycles. The summed E-state index contributed by atoms with van der Waals surface area (Å²) in [6.45, 7) is 0.442. The highest BCUT2D eigenvalue weighted by Gasteiger charge is 2.37. The van der Waals surface area contributed by atoms with Crippen LogP contribution in [0.5, 0.6) is 0 Å². The van der Waals surface area contributed by atoms with E-state index in [0.29, 0.717) is 19.4 Å². The fourth-order valence-corrected chi connectivity index (χ4v) is 2.44. The standard InChI is InChI=1S/C12H15N3O5/c1-13-8(5-6-10(13)15(18)19)11(16)14-7-3-4-9(14)12(17)20-2/h5-6,9H,3-4,7H2,1-2H3. The minimum Gasteiger partial charge on any atom is -0.467 e. The van der Waals surface area contributed by atoms with E-state index in [1.54, 1.807) is 0 Å². The van der Waals surface area contributed by atoms with Gasteiger partial charge in [-0.2, -0.15) is 0 Å². The molecule has 1 aromatic heterocycles. The van der Waals surface area contributed by atoms with Crippen LogP contribution in [0.4, 0.5) is 5.82 Å². The zero-order chi connectivity index (χ0) is 14.9. The van der Waals surface area contributed by atoms with E-state index < -0.39 is 22.8 Å². The summed E-state index contributed by atoms with van der Waals surface area (Å²) in [7, 11) is 2.73. The van der Waals surface area contributed by atoms with Crippen LogP contribution >= 0.6 is 0 Å². The van der Waals surface area contributed by atoms with Gasteiger partial charge in [0.1, 0.15) is 6.04 Å². The Hall–Kier alpha value is -2.38. The summed E-state index contributed by atoms with van der Waals surface area (Å²) in [6, 6.07) is 2.06. The van der Waals surface area contributed by atoms with E-state index in [1.165, 1.54) is 35.8 Å². The number of carbonyl (C=O) groups is 2. The van der Waals surface area contributed by atoms with Crippen LogP contribution in [0.3, 0.4) is 0 Å². The number of esters is 1. The number of amides is 1. The number of carbonyl (C=O) groups excluding carboxylic acids is 2. The maximum absolute atomic E-state index is 12.4. The first kappa shape index (κ1) is 14.0. The summed E-state index contributed by atoms with van der Waals surface area (Å²) in [5.74, 6) is -1.02. The van der Waals surface area contributed by atoms with Crippen LogP contribution in [0.15, 0.2) is 12.1 Å². The second kappa shape index (κ2) is 5.32. The van der Waals surface area contributed by atoms with Gasteiger partial charge in [-0.15, -0.1) is 0 Å². The normalized spacial score (nSPS) is 18.1. The average molecular weight is 281 g/mol. The molecule has 1 aromatic rings. The van der Waals surface area contributed by atoms with Crippen molar-refractivity contribution in [3.63, 3.8) is 0 Å². The Bertz CT molecular complexity index is 565. The van der Waals surface area contributed by atoms with E-state index in [1.807, 2.05) is 0 Å². The first-order chi connectivity index (χ1) is 9.47. The lowest BCUT2D eigenvalue weighted by Crippen LogP contribution is -2.41. The number of likely N-dealkylation sites (tertiary alicyclic amines) is 1. The maximum atomic E-state index is 12.4. The highest BCUT2D eigenvalue weighted by atomic mass is 16.6. The Balaban J connectivity index is 2.27. The molecular formula is C12H15N3O5. The molecule has 108 valence electrons. The number of ether oxygens (including phenoxy) is 1. The minimum absolute atomic E-state index is 0.165. The molecule has 1 saturated heterocycles. The lowest BCUT2D eigenvalue weighted by atomic mass is 10.2. The molecule has 8 heteroatoms. The fourth-order valence-electron chi connectivity index (χ4n) is 2.44. The zero-order valence-corrected chi connectivity index (χ0v) is 11.2. The topological polar surface area (TPSA) is 94.7 Å². The molecule has 0 spiro atoms. The number of rotatable bonds is 3. The first-order valence-electron chi connectivity index (χ1n) is 6.16. The van der Waals surface area contributed by atoms with Crippen molar-refractivity contribution in [1.82, 2.24) is 9.47 Å². The lowest BCUT2D eigenvalue weighted by molar-refractivity contribution is -0.391. The molecule has 1 fully saturated rings. The van der Waals surface area contributed by atoms with Gasteiger partial charge in [0.05, 0.1) is 14.2 Å². The summed E-state index contributed by atoms with van der Waals surface area (Å²) >= 11 is 0. The van der Waals surface area contributed by atoms with Crippen LogP contribution in [-0.4, -0.2) is 46.0 Å². The zero-order valence-electron chi connectivity index (χ0n) is 11.2. The summed E-state index contributed by atoms with van der Waals surface area (Å²) < 4.78 is 5.89. The first-order valence-corrected chi connectivity index (χ1v) is 6.16. The molecule has 1 aliphatic heterocycles. The number of nitro groups is 1. The highest BCUT2D eigenvalue weighted by molar-refractivity contribution is 5.96. The quantitative estimate of drug-likeness (QED) is 0.462. The van der Waals surface area contributed by atoms with E-state index in [9.17, 15) is 19.7 Å². The Labute approximate surface area is 115 Å². The molecular weight excluding hydrogens is 266 g/mol. The van der Waals surface area contributed by atoms with Gasteiger partial charge in [-0.1, -0.05) is 0 Å². The third-order valence-electron chi connectivity index (χ3n) is 3.49. The predicted molar refractivity (Wildman–Crippen MR) is 68.1 cm³/mol. The number of hydrogen-bond donors (Lipinski definition) is 0. The van der Waals surface area contributed by atoms with E-state index >= 15 is 0 Å². The van der Waals surface area contributed by atoms with Crippen molar-refractivity contribution >= 4 is 17.7 Å². The molecule has 2 heterocycles. The van der Waals surface area contributed by atoms with Gasteiger partial charge in [-0.05, 0) is 23.8 Å². The molecule has 20 heavy (non-hydrogen) atoms. The second-order valence-electron chi connectivity index (χ2n) is 4.57. The van der Waals surface area contributed by atoms with Gasteiger partial charge in [0.25, 0.3) is 5.91 Å². The van der Waals surface area contributed by atoms with E-state index in [0.717, 1.165) is 0 Å². The molecule has 1 atom stereocenters. The fraction of sp³-hybridized carbons (Fsp3) is 0.500. The van der Waals surface area contributed by atoms with Crippen LogP contribution < -0.4 is 0 Å². The SMILES string of the molecule is COC(=O)C1CCCN1C(=O)c1ccc([N+](=O)[O-])n1C. The third-order valence-corrected chi connectivity index (χ3v) is 3.49. The van der Waals surface area contributed by atoms with E-state index in [-0.39, 0.29) is 11.5 Å². The average Bonchev–Trinajstić information content (AvgIpc) is 3.03. The molecule has 1 unspecified atom stereocenters. The molecule has 0 bridgehead atoms. The summed E-state index contributed by atoms with van der Waals surface area (Å²) in [4.78, 5) is 35.7. The van der Waals surface area contributed by atoms with Gasteiger partial charge in [0, 0.05) is 12.6 Å². The molecule has 8 nitrogen and oxygen atoms in total. The Morgan fingerprint density at radius 2 is 2.15 bits per heavy atom. The molecule has 1 amide bonds.